The molecule has 1 N–H and O–H groups in total. The van der Waals surface area contributed by atoms with Crippen LogP contribution < -0.4 is 4.74 Å². The quantitative estimate of drug-likeness (QED) is 0.916. The third kappa shape index (κ3) is 2.87. The minimum absolute atomic E-state index is 0.0176. The number of nitrogens with zero attached hydrogens (tertiary/aromatic N) is 1. The summed E-state index contributed by atoms with van der Waals surface area (Å²) in [5.74, 6) is -1.61. The Morgan fingerprint density at radius 1 is 1.26 bits per heavy atom. The smallest absolute Gasteiger partial charge is 0.339 e. The van der Waals surface area contributed by atoms with Crippen molar-refractivity contribution in [1.29, 1.82) is 5.26 Å². The molecule has 0 aliphatic heterocycles. The molecule has 19 heavy (non-hydrogen) atoms. The van der Waals surface area contributed by atoms with Crippen molar-refractivity contribution in [2.45, 2.75) is 0 Å². The molecule has 0 fully saturated rings. The van der Waals surface area contributed by atoms with Crippen LogP contribution in [-0.4, -0.2) is 11.1 Å². The molecule has 2 aromatic rings. The second kappa shape index (κ2) is 5.19. The number of rotatable bonds is 3. The molecule has 5 heteroatoms. The van der Waals surface area contributed by atoms with Gasteiger partial charge in [-0.2, -0.15) is 5.26 Å². The van der Waals surface area contributed by atoms with E-state index in [1.807, 2.05) is 6.07 Å². The van der Waals surface area contributed by atoms with Crippen LogP contribution in [0, 0.1) is 17.1 Å². The number of ether oxygens (including phenoxy) is 1. The maximum absolute atomic E-state index is 13.0. The van der Waals surface area contributed by atoms with Crippen LogP contribution in [0.15, 0.2) is 42.5 Å². The Kier molecular flexibility index (Phi) is 3.44. The van der Waals surface area contributed by atoms with Gasteiger partial charge in [0.1, 0.15) is 22.9 Å². The van der Waals surface area contributed by atoms with E-state index in [9.17, 15) is 9.18 Å². The molecule has 94 valence electrons. The van der Waals surface area contributed by atoms with Crippen molar-refractivity contribution in [2.75, 3.05) is 0 Å². The lowest BCUT2D eigenvalue weighted by Gasteiger charge is -2.08. The van der Waals surface area contributed by atoms with Crippen LogP contribution in [0.25, 0.3) is 0 Å². The second-order valence-corrected chi connectivity index (χ2v) is 3.69. The lowest BCUT2D eigenvalue weighted by molar-refractivity contribution is 0.0693. The van der Waals surface area contributed by atoms with E-state index in [1.54, 1.807) is 18.2 Å². The summed E-state index contributed by atoms with van der Waals surface area (Å²) in [5, 5.41) is 17.7. The average molecular weight is 257 g/mol. The Balaban J connectivity index is 2.38. The molecule has 0 amide bonds. The molecule has 0 aliphatic rings. The predicted octanol–water partition coefficient (Wildman–Crippen LogP) is 3.19. The van der Waals surface area contributed by atoms with E-state index in [4.69, 9.17) is 15.1 Å². The fourth-order valence-corrected chi connectivity index (χ4v) is 1.51. The topological polar surface area (TPSA) is 70.3 Å². The Labute approximate surface area is 108 Å². The normalized spacial score (nSPS) is 9.68. The SMILES string of the molecule is N#Cc1cccc(Oc2ccc(F)cc2C(=O)O)c1. The molecule has 0 unspecified atom stereocenters. The van der Waals surface area contributed by atoms with Crippen LogP contribution in [0.3, 0.4) is 0 Å². The zero-order chi connectivity index (χ0) is 13.8. The molecule has 0 saturated carbocycles. The van der Waals surface area contributed by atoms with Crippen molar-refractivity contribution in [3.8, 4) is 17.6 Å². The van der Waals surface area contributed by atoms with E-state index in [-0.39, 0.29) is 11.3 Å². The van der Waals surface area contributed by atoms with Crippen molar-refractivity contribution < 1.29 is 19.0 Å². The van der Waals surface area contributed by atoms with Gasteiger partial charge in [-0.15, -0.1) is 0 Å². The Morgan fingerprint density at radius 2 is 2.05 bits per heavy atom. The fraction of sp³-hybridized carbons (Fsp3) is 0. The predicted molar refractivity (Wildman–Crippen MR) is 64.6 cm³/mol. The summed E-state index contributed by atoms with van der Waals surface area (Å²) in [4.78, 5) is 11.0. The lowest BCUT2D eigenvalue weighted by Crippen LogP contribution is -2.00. The van der Waals surface area contributed by atoms with Gasteiger partial charge in [-0.1, -0.05) is 6.07 Å². The summed E-state index contributed by atoms with van der Waals surface area (Å²) >= 11 is 0. The number of benzene rings is 2. The number of hydrogen-bond donors (Lipinski definition) is 1. The molecule has 2 rings (SSSR count). The minimum Gasteiger partial charge on any atom is -0.478 e. The summed E-state index contributed by atoms with van der Waals surface area (Å²) in [5.41, 5.74) is 0.110. The monoisotopic (exact) mass is 257 g/mol. The van der Waals surface area contributed by atoms with Gasteiger partial charge in [0.15, 0.2) is 0 Å². The molecular weight excluding hydrogens is 249 g/mol. The van der Waals surface area contributed by atoms with Crippen LogP contribution in [0.5, 0.6) is 11.5 Å². The Morgan fingerprint density at radius 3 is 2.74 bits per heavy atom. The first-order chi connectivity index (χ1) is 9.10. The number of nitriles is 1. The molecular formula is C14H8FNO3. The molecule has 0 heterocycles. The highest BCUT2D eigenvalue weighted by Gasteiger charge is 2.13. The van der Waals surface area contributed by atoms with Gasteiger partial charge in [-0.3, -0.25) is 0 Å². The second-order valence-electron chi connectivity index (χ2n) is 3.69. The fourth-order valence-electron chi connectivity index (χ4n) is 1.51. The van der Waals surface area contributed by atoms with Crippen LogP contribution in [0.1, 0.15) is 15.9 Å². The number of carbonyl (C=O) groups is 1. The zero-order valence-electron chi connectivity index (χ0n) is 9.63. The average Bonchev–Trinajstić information content (AvgIpc) is 2.41. The van der Waals surface area contributed by atoms with E-state index in [2.05, 4.69) is 0 Å². The molecule has 4 nitrogen and oxygen atoms in total. The summed E-state index contributed by atoms with van der Waals surface area (Å²) in [6.07, 6.45) is 0. The molecule has 0 radical (unpaired) electrons. The van der Waals surface area contributed by atoms with Crippen molar-refractivity contribution in [2.24, 2.45) is 0 Å². The van der Waals surface area contributed by atoms with Gasteiger partial charge in [0, 0.05) is 0 Å². The number of carboxylic acids is 1. The van der Waals surface area contributed by atoms with Gasteiger partial charge in [-0.05, 0) is 36.4 Å². The lowest BCUT2D eigenvalue weighted by atomic mass is 10.2. The summed E-state index contributed by atoms with van der Waals surface area (Å²) in [7, 11) is 0. The van der Waals surface area contributed by atoms with Crippen molar-refractivity contribution in [3.05, 3.63) is 59.4 Å². The third-order valence-corrected chi connectivity index (χ3v) is 2.36. The molecule has 0 saturated heterocycles. The molecule has 0 aromatic heterocycles. The van der Waals surface area contributed by atoms with E-state index in [0.29, 0.717) is 11.3 Å². The highest BCUT2D eigenvalue weighted by atomic mass is 19.1. The summed E-state index contributed by atoms with van der Waals surface area (Å²) in [6.45, 7) is 0. The number of halogens is 1. The van der Waals surface area contributed by atoms with E-state index in [1.165, 1.54) is 12.1 Å². The molecule has 2 aromatic carbocycles. The highest BCUT2D eigenvalue weighted by Crippen LogP contribution is 2.26. The Bertz CT molecular complexity index is 677. The van der Waals surface area contributed by atoms with Crippen molar-refractivity contribution in [1.82, 2.24) is 0 Å². The molecule has 0 aliphatic carbocycles. The maximum atomic E-state index is 13.0. The van der Waals surface area contributed by atoms with Gasteiger partial charge in [-0.25, -0.2) is 9.18 Å². The van der Waals surface area contributed by atoms with Gasteiger partial charge in [0.25, 0.3) is 0 Å². The number of hydrogen-bond acceptors (Lipinski definition) is 3. The minimum atomic E-state index is -1.29. The first-order valence-corrected chi connectivity index (χ1v) is 5.31. The van der Waals surface area contributed by atoms with Crippen molar-refractivity contribution in [3.63, 3.8) is 0 Å². The Hall–Kier alpha value is -2.87. The van der Waals surface area contributed by atoms with E-state index in [0.717, 1.165) is 12.1 Å². The first-order valence-electron chi connectivity index (χ1n) is 5.31. The van der Waals surface area contributed by atoms with Crippen LogP contribution in [-0.2, 0) is 0 Å². The first kappa shape index (κ1) is 12.6. The summed E-state index contributed by atoms with van der Waals surface area (Å²) in [6, 6.07) is 11.4. The van der Waals surface area contributed by atoms with Crippen molar-refractivity contribution >= 4 is 5.97 Å². The highest BCUT2D eigenvalue weighted by molar-refractivity contribution is 5.91. The summed E-state index contributed by atoms with van der Waals surface area (Å²) < 4.78 is 18.4. The number of aromatic carboxylic acids is 1. The van der Waals surface area contributed by atoms with Gasteiger partial charge >= 0.3 is 5.97 Å². The maximum Gasteiger partial charge on any atom is 0.339 e. The van der Waals surface area contributed by atoms with Gasteiger partial charge in [0.05, 0.1) is 11.6 Å². The molecule has 0 bridgehead atoms. The largest absolute Gasteiger partial charge is 0.478 e. The molecule has 0 atom stereocenters. The van der Waals surface area contributed by atoms with Gasteiger partial charge in [0.2, 0.25) is 0 Å². The standard InChI is InChI=1S/C14H8FNO3/c15-10-4-5-13(12(7-10)14(17)18)19-11-3-1-2-9(6-11)8-16/h1-7H,(H,17,18). The molecule has 0 spiro atoms. The third-order valence-electron chi connectivity index (χ3n) is 2.36. The number of carboxylic acid groups (broad SMARTS) is 1. The van der Waals surface area contributed by atoms with Crippen LogP contribution in [0.2, 0.25) is 0 Å². The zero-order valence-corrected chi connectivity index (χ0v) is 9.63. The van der Waals surface area contributed by atoms with E-state index >= 15 is 0 Å². The van der Waals surface area contributed by atoms with Crippen LogP contribution in [0.4, 0.5) is 4.39 Å². The van der Waals surface area contributed by atoms with Crippen LogP contribution >= 0.6 is 0 Å². The van der Waals surface area contributed by atoms with Gasteiger partial charge < -0.3 is 9.84 Å². The van der Waals surface area contributed by atoms with E-state index < -0.39 is 11.8 Å².